The second kappa shape index (κ2) is 10.2. The van der Waals surface area contributed by atoms with E-state index in [1.165, 1.54) is 6.33 Å². The van der Waals surface area contributed by atoms with Gasteiger partial charge in [-0.05, 0) is 48.6 Å². The molecule has 0 aliphatic rings. The van der Waals surface area contributed by atoms with Gasteiger partial charge in [-0.15, -0.1) is 0 Å². The highest BCUT2D eigenvalue weighted by Crippen LogP contribution is 2.36. The number of hydrogen-bond donors (Lipinski definition) is 2. The van der Waals surface area contributed by atoms with Gasteiger partial charge in [0.25, 0.3) is 0 Å². The zero-order valence-corrected chi connectivity index (χ0v) is 19.7. The number of nitrogens with one attached hydrogen (secondary N) is 1. The number of aromatic nitrogens is 2. The van der Waals surface area contributed by atoms with Gasteiger partial charge in [0, 0.05) is 17.6 Å². The predicted molar refractivity (Wildman–Crippen MR) is 138 cm³/mol. The van der Waals surface area contributed by atoms with Crippen LogP contribution in [0, 0.1) is 5.92 Å². The van der Waals surface area contributed by atoms with Crippen LogP contribution in [0.25, 0.3) is 10.8 Å². The highest BCUT2D eigenvalue weighted by Gasteiger charge is 2.18. The highest BCUT2D eigenvalue weighted by molar-refractivity contribution is 5.97. The minimum atomic E-state index is -0.335. The van der Waals surface area contributed by atoms with Gasteiger partial charge in [-0.2, -0.15) is 0 Å². The van der Waals surface area contributed by atoms with E-state index in [-0.39, 0.29) is 11.9 Å². The van der Waals surface area contributed by atoms with Crippen molar-refractivity contribution in [2.75, 3.05) is 29.1 Å². The van der Waals surface area contributed by atoms with Gasteiger partial charge in [0.15, 0.2) is 11.6 Å². The molecular weight excluding hydrogens is 426 g/mol. The topological polar surface area (TPSA) is 93.4 Å². The van der Waals surface area contributed by atoms with E-state index < -0.39 is 0 Å². The lowest BCUT2D eigenvalue weighted by atomic mass is 10.1. The van der Waals surface area contributed by atoms with E-state index in [9.17, 15) is 4.79 Å². The van der Waals surface area contributed by atoms with Crippen LogP contribution in [0.15, 0.2) is 73.1 Å². The van der Waals surface area contributed by atoms with Crippen LogP contribution >= 0.6 is 0 Å². The number of carbonyl (C=O) groups is 1. The van der Waals surface area contributed by atoms with Gasteiger partial charge < -0.3 is 20.7 Å². The maximum Gasteiger partial charge on any atom is 0.338 e. The second-order valence-electron chi connectivity index (χ2n) is 8.40. The van der Waals surface area contributed by atoms with Crippen LogP contribution < -0.4 is 16.0 Å². The predicted octanol–water partition coefficient (Wildman–Crippen LogP) is 5.93. The van der Waals surface area contributed by atoms with Crippen LogP contribution in [-0.2, 0) is 4.74 Å². The second-order valence-corrected chi connectivity index (χ2v) is 8.40. The van der Waals surface area contributed by atoms with Gasteiger partial charge in [-0.1, -0.05) is 50.2 Å². The fourth-order valence-corrected chi connectivity index (χ4v) is 3.73. The van der Waals surface area contributed by atoms with Crippen molar-refractivity contribution in [1.82, 2.24) is 9.97 Å². The zero-order valence-electron chi connectivity index (χ0n) is 19.7. The molecule has 1 aromatic heterocycles. The summed E-state index contributed by atoms with van der Waals surface area (Å²) in [7, 11) is 0. The van der Waals surface area contributed by atoms with Crippen molar-refractivity contribution in [3.63, 3.8) is 0 Å². The number of ether oxygens (including phenoxy) is 1. The van der Waals surface area contributed by atoms with Crippen LogP contribution in [0.2, 0.25) is 0 Å². The lowest BCUT2D eigenvalue weighted by Crippen LogP contribution is -2.20. The smallest absolute Gasteiger partial charge is 0.338 e. The van der Waals surface area contributed by atoms with Crippen LogP contribution in [0.1, 0.15) is 31.1 Å². The molecule has 0 spiro atoms. The summed E-state index contributed by atoms with van der Waals surface area (Å²) in [6, 6.07) is 21.5. The van der Waals surface area contributed by atoms with Gasteiger partial charge in [0.1, 0.15) is 12.0 Å². The van der Waals surface area contributed by atoms with Gasteiger partial charge >= 0.3 is 5.97 Å². The average molecular weight is 456 g/mol. The normalized spacial score (nSPS) is 10.9. The molecule has 0 saturated heterocycles. The largest absolute Gasteiger partial charge is 0.462 e. The Morgan fingerprint density at radius 1 is 1.03 bits per heavy atom. The maximum atomic E-state index is 12.2. The third-order valence-corrected chi connectivity index (χ3v) is 5.42. The van der Waals surface area contributed by atoms with Crippen LogP contribution in [-0.4, -0.2) is 29.1 Å². The molecule has 0 amide bonds. The van der Waals surface area contributed by atoms with Gasteiger partial charge in [-0.3, -0.25) is 0 Å². The minimum Gasteiger partial charge on any atom is -0.462 e. The highest BCUT2D eigenvalue weighted by atomic mass is 16.5. The number of benzene rings is 3. The fraction of sp³-hybridized carbons (Fsp3) is 0.222. The number of esters is 1. The molecule has 0 saturated carbocycles. The average Bonchev–Trinajstić information content (AvgIpc) is 2.85. The Morgan fingerprint density at radius 2 is 1.76 bits per heavy atom. The lowest BCUT2D eigenvalue weighted by molar-refractivity contribution is 0.0459. The third-order valence-electron chi connectivity index (χ3n) is 5.42. The first-order chi connectivity index (χ1) is 16.5. The molecule has 0 aliphatic carbocycles. The summed E-state index contributed by atoms with van der Waals surface area (Å²) < 4.78 is 5.29. The van der Waals surface area contributed by atoms with Crippen molar-refractivity contribution < 1.29 is 9.53 Å². The standard InChI is InChI=1S/C27H29N5O2/c1-4-32(23-11-7-9-19-8-5-6-10-22(19)23)26-24(28)25(29-17-30-26)31-21-14-12-20(13-15-21)27(33)34-16-18(2)3/h5-15,17-18H,4,16,28H2,1-3H3,(H,29,30,31). The summed E-state index contributed by atoms with van der Waals surface area (Å²) in [5.74, 6) is 1.08. The van der Waals surface area contributed by atoms with E-state index in [0.29, 0.717) is 36.0 Å². The summed E-state index contributed by atoms with van der Waals surface area (Å²) in [5, 5.41) is 5.52. The van der Waals surface area contributed by atoms with Crippen molar-refractivity contribution in [2.45, 2.75) is 20.8 Å². The molecule has 0 radical (unpaired) electrons. The number of anilines is 5. The van der Waals surface area contributed by atoms with Crippen molar-refractivity contribution in [3.8, 4) is 0 Å². The quantitative estimate of drug-likeness (QED) is 0.318. The number of nitrogens with two attached hydrogens (primary N) is 1. The Hall–Kier alpha value is -4.13. The molecule has 0 atom stereocenters. The Kier molecular flexibility index (Phi) is 6.92. The monoisotopic (exact) mass is 455 g/mol. The zero-order chi connectivity index (χ0) is 24.1. The Bertz CT molecular complexity index is 1280. The van der Waals surface area contributed by atoms with E-state index in [2.05, 4.69) is 51.4 Å². The molecular formula is C27H29N5O2. The summed E-state index contributed by atoms with van der Waals surface area (Å²) in [6.45, 7) is 7.14. The van der Waals surface area contributed by atoms with Crippen LogP contribution in [0.4, 0.5) is 28.7 Å². The van der Waals surface area contributed by atoms with E-state index in [4.69, 9.17) is 10.5 Å². The van der Waals surface area contributed by atoms with Crippen LogP contribution in [0.5, 0.6) is 0 Å². The summed E-state index contributed by atoms with van der Waals surface area (Å²) in [6.07, 6.45) is 1.50. The van der Waals surface area contributed by atoms with E-state index >= 15 is 0 Å². The molecule has 4 aromatic rings. The van der Waals surface area contributed by atoms with Crippen molar-refractivity contribution in [2.24, 2.45) is 5.92 Å². The van der Waals surface area contributed by atoms with Crippen molar-refractivity contribution >= 4 is 45.4 Å². The minimum absolute atomic E-state index is 0.288. The third kappa shape index (κ3) is 4.93. The SMILES string of the molecule is CCN(c1ncnc(Nc2ccc(C(=O)OCC(C)C)cc2)c1N)c1cccc2ccccc12. The first-order valence-electron chi connectivity index (χ1n) is 11.4. The van der Waals surface area contributed by atoms with E-state index in [0.717, 1.165) is 22.1 Å². The number of fused-ring (bicyclic) bond motifs is 1. The summed E-state index contributed by atoms with van der Waals surface area (Å²) in [4.78, 5) is 23.1. The first kappa shape index (κ1) is 23.0. The fourth-order valence-electron chi connectivity index (χ4n) is 3.73. The molecule has 7 nitrogen and oxygen atoms in total. The molecule has 0 unspecified atom stereocenters. The van der Waals surface area contributed by atoms with Crippen molar-refractivity contribution in [1.29, 1.82) is 0 Å². The number of carbonyl (C=O) groups excluding carboxylic acids is 1. The number of nitrogen functional groups attached to an aromatic ring is 1. The molecule has 174 valence electrons. The number of rotatable bonds is 8. The number of hydrogen-bond acceptors (Lipinski definition) is 7. The summed E-state index contributed by atoms with van der Waals surface area (Å²) >= 11 is 0. The molecule has 3 N–H and O–H groups in total. The maximum absolute atomic E-state index is 12.2. The van der Waals surface area contributed by atoms with Crippen molar-refractivity contribution in [3.05, 3.63) is 78.6 Å². The Labute approximate surface area is 199 Å². The van der Waals surface area contributed by atoms with Crippen LogP contribution in [0.3, 0.4) is 0 Å². The van der Waals surface area contributed by atoms with E-state index in [1.807, 2.05) is 32.0 Å². The van der Waals surface area contributed by atoms with E-state index in [1.54, 1.807) is 24.3 Å². The molecule has 4 rings (SSSR count). The molecule has 1 heterocycles. The molecule has 0 bridgehead atoms. The molecule has 34 heavy (non-hydrogen) atoms. The first-order valence-corrected chi connectivity index (χ1v) is 11.4. The Balaban J connectivity index is 1.59. The summed E-state index contributed by atoms with van der Waals surface area (Å²) in [5.41, 5.74) is 9.25. The molecule has 0 fully saturated rings. The molecule has 7 heteroatoms. The Morgan fingerprint density at radius 3 is 2.50 bits per heavy atom. The lowest BCUT2D eigenvalue weighted by Gasteiger charge is -2.25. The van der Waals surface area contributed by atoms with Gasteiger partial charge in [-0.25, -0.2) is 14.8 Å². The molecule has 0 aliphatic heterocycles. The van der Waals surface area contributed by atoms with Gasteiger partial charge in [0.2, 0.25) is 0 Å². The molecule has 3 aromatic carbocycles. The number of nitrogens with zero attached hydrogens (tertiary/aromatic N) is 3. The van der Waals surface area contributed by atoms with Gasteiger partial charge in [0.05, 0.1) is 17.9 Å².